The molecule has 0 heterocycles. The molecule has 0 aromatic carbocycles. The van der Waals surface area contributed by atoms with Gasteiger partial charge in [0.1, 0.15) is 6.10 Å². The molecule has 234 valence electrons. The number of hydrogen-bond donors (Lipinski definition) is 2. The van der Waals surface area contributed by atoms with Gasteiger partial charge in [-0.1, -0.05) is 149 Å². The van der Waals surface area contributed by atoms with E-state index in [1.165, 1.54) is 116 Å². The van der Waals surface area contributed by atoms with Crippen LogP contribution in [0.2, 0.25) is 0 Å². The molecule has 0 spiro atoms. The summed E-state index contributed by atoms with van der Waals surface area (Å²) in [4.78, 5) is 30.2. The van der Waals surface area contributed by atoms with Crippen molar-refractivity contribution in [2.45, 2.75) is 174 Å². The minimum absolute atomic E-state index is 0.0848. The van der Waals surface area contributed by atoms with Crippen LogP contribution < -0.4 is 0 Å². The van der Waals surface area contributed by atoms with Crippen molar-refractivity contribution in [2.75, 3.05) is 19.8 Å². The van der Waals surface area contributed by atoms with Crippen LogP contribution >= 0.6 is 7.82 Å². The van der Waals surface area contributed by atoms with Gasteiger partial charge in [-0.15, -0.1) is 0 Å². The van der Waals surface area contributed by atoms with E-state index >= 15 is 0 Å². The van der Waals surface area contributed by atoms with Crippen molar-refractivity contribution in [2.24, 2.45) is 0 Å². The highest BCUT2D eigenvalue weighted by molar-refractivity contribution is 7.46. The quantitative estimate of drug-likeness (QED) is 0.0480. The second kappa shape index (κ2) is 29.0. The monoisotopic (exact) mass is 578 g/mol. The molecule has 0 bridgehead atoms. The molecule has 0 unspecified atom stereocenters. The molecule has 1 atom stereocenters. The molecule has 39 heavy (non-hydrogen) atoms. The smallest absolute Gasteiger partial charge is 0.457 e. The summed E-state index contributed by atoms with van der Waals surface area (Å²) in [6.07, 6.45) is 28.2. The van der Waals surface area contributed by atoms with Crippen LogP contribution in [0.25, 0.3) is 0 Å². The van der Waals surface area contributed by atoms with Crippen LogP contribution in [0.5, 0.6) is 0 Å². The molecule has 0 saturated carbocycles. The average Bonchev–Trinajstić information content (AvgIpc) is 2.90. The molecule has 2 N–H and O–H groups in total. The maximum atomic E-state index is 12.2. The van der Waals surface area contributed by atoms with Crippen LogP contribution in [0.3, 0.4) is 0 Å². The molecule has 0 fully saturated rings. The Bertz CT molecular complexity index is 567. The first-order chi connectivity index (χ1) is 18.9. The van der Waals surface area contributed by atoms with Crippen LogP contribution in [0.15, 0.2) is 0 Å². The van der Waals surface area contributed by atoms with Gasteiger partial charge in [0, 0.05) is 13.0 Å². The Hall–Kier alpha value is -0.460. The van der Waals surface area contributed by atoms with Crippen LogP contribution in [-0.2, 0) is 23.4 Å². The third kappa shape index (κ3) is 31.9. The zero-order valence-corrected chi connectivity index (χ0v) is 26.4. The van der Waals surface area contributed by atoms with Gasteiger partial charge in [0.2, 0.25) is 0 Å². The Morgan fingerprint density at radius 3 is 1.38 bits per heavy atom. The number of carbonyl (C=O) groups is 1. The maximum absolute atomic E-state index is 12.2. The second-order valence-corrected chi connectivity index (χ2v) is 12.4. The molecule has 0 aromatic rings. The molecule has 8 heteroatoms. The fourth-order valence-corrected chi connectivity index (χ4v) is 5.10. The van der Waals surface area contributed by atoms with Gasteiger partial charge < -0.3 is 19.3 Å². The highest BCUT2D eigenvalue weighted by Crippen LogP contribution is 2.35. The minimum Gasteiger partial charge on any atom is -0.457 e. The number of phosphoric ester groups is 1. The Balaban J connectivity index is 3.75. The van der Waals surface area contributed by atoms with Crippen LogP contribution in [0.1, 0.15) is 168 Å². The first-order valence-electron chi connectivity index (χ1n) is 16.4. The fourth-order valence-electron chi connectivity index (χ4n) is 4.73. The molecular formula is C31H63O7P. The van der Waals surface area contributed by atoms with E-state index in [-0.39, 0.29) is 19.2 Å². The summed E-state index contributed by atoms with van der Waals surface area (Å²) in [7, 11) is -4.63. The SMILES string of the molecule is CCCCCCCCCCCCCCCCCCOC[C@H](COP(=O)(O)O)OC(=O)CCCCCCCCC. The van der Waals surface area contributed by atoms with E-state index in [0.717, 1.165) is 32.1 Å². The van der Waals surface area contributed by atoms with Gasteiger partial charge in [-0.25, -0.2) is 4.57 Å². The third-order valence-corrected chi connectivity index (χ3v) is 7.64. The summed E-state index contributed by atoms with van der Waals surface area (Å²) in [6.45, 7) is 4.71. The Labute approximate surface area is 240 Å². The first kappa shape index (κ1) is 38.5. The molecule has 0 aliphatic carbocycles. The number of carbonyl (C=O) groups excluding carboxylic acids is 1. The van der Waals surface area contributed by atoms with Crippen molar-refractivity contribution < 1.29 is 33.1 Å². The summed E-state index contributed by atoms with van der Waals surface area (Å²) in [5, 5.41) is 0. The summed E-state index contributed by atoms with van der Waals surface area (Å²) >= 11 is 0. The predicted molar refractivity (Wildman–Crippen MR) is 161 cm³/mol. The van der Waals surface area contributed by atoms with Crippen molar-refractivity contribution in [3.63, 3.8) is 0 Å². The molecule has 0 aromatic heterocycles. The highest BCUT2D eigenvalue weighted by Gasteiger charge is 2.21. The van der Waals surface area contributed by atoms with Gasteiger partial charge in [0.25, 0.3) is 0 Å². The largest absolute Gasteiger partial charge is 0.469 e. The zero-order valence-electron chi connectivity index (χ0n) is 25.6. The molecule has 0 aliphatic heterocycles. The van der Waals surface area contributed by atoms with Crippen molar-refractivity contribution in [1.82, 2.24) is 0 Å². The summed E-state index contributed by atoms with van der Waals surface area (Å²) in [5.74, 6) is -0.367. The van der Waals surface area contributed by atoms with Crippen LogP contribution in [-0.4, -0.2) is 41.7 Å². The van der Waals surface area contributed by atoms with Gasteiger partial charge in [-0.3, -0.25) is 9.32 Å². The third-order valence-electron chi connectivity index (χ3n) is 7.16. The molecule has 0 aliphatic rings. The lowest BCUT2D eigenvalue weighted by Crippen LogP contribution is -2.28. The van der Waals surface area contributed by atoms with Gasteiger partial charge in [0.05, 0.1) is 13.2 Å². The second-order valence-electron chi connectivity index (χ2n) is 11.1. The summed E-state index contributed by atoms with van der Waals surface area (Å²) < 4.78 is 26.7. The minimum atomic E-state index is -4.63. The van der Waals surface area contributed by atoms with E-state index in [0.29, 0.717) is 13.0 Å². The number of rotatable bonds is 31. The van der Waals surface area contributed by atoms with E-state index in [2.05, 4.69) is 18.4 Å². The standard InChI is InChI=1S/C31H63O7P/c1-3-5-7-9-11-12-13-14-15-16-17-18-19-21-23-25-27-36-28-30(29-37-39(33,34)35)38-31(32)26-24-22-20-10-8-6-4-2/h30H,3-29H2,1-2H3,(H2,33,34,35)/t30-/m1/s1. The molecule has 0 amide bonds. The number of unbranched alkanes of at least 4 members (excludes halogenated alkanes) is 21. The van der Waals surface area contributed by atoms with E-state index < -0.39 is 13.9 Å². The lowest BCUT2D eigenvalue weighted by Gasteiger charge is -2.18. The summed E-state index contributed by atoms with van der Waals surface area (Å²) in [5.41, 5.74) is 0. The Kier molecular flexibility index (Phi) is 28.7. The molecule has 0 rings (SSSR count). The first-order valence-corrected chi connectivity index (χ1v) is 17.9. The summed E-state index contributed by atoms with van der Waals surface area (Å²) in [6, 6.07) is 0. The molecule has 0 saturated heterocycles. The fraction of sp³-hybridized carbons (Fsp3) is 0.968. The Morgan fingerprint density at radius 2 is 0.974 bits per heavy atom. The average molecular weight is 579 g/mol. The van der Waals surface area contributed by atoms with E-state index in [1.54, 1.807) is 0 Å². The van der Waals surface area contributed by atoms with Gasteiger partial charge >= 0.3 is 13.8 Å². The molecule has 0 radical (unpaired) electrons. The number of hydrogen-bond acceptors (Lipinski definition) is 5. The van der Waals surface area contributed by atoms with Crippen molar-refractivity contribution >= 4 is 13.8 Å². The van der Waals surface area contributed by atoms with Gasteiger partial charge in [-0.05, 0) is 12.8 Å². The van der Waals surface area contributed by atoms with E-state index in [9.17, 15) is 9.36 Å². The number of esters is 1. The van der Waals surface area contributed by atoms with Gasteiger partial charge in [-0.2, -0.15) is 0 Å². The molecule has 7 nitrogen and oxygen atoms in total. The van der Waals surface area contributed by atoms with Crippen molar-refractivity contribution in [3.8, 4) is 0 Å². The molecular weight excluding hydrogens is 515 g/mol. The zero-order chi connectivity index (χ0) is 28.9. The highest BCUT2D eigenvalue weighted by atomic mass is 31.2. The number of ether oxygens (including phenoxy) is 2. The lowest BCUT2D eigenvalue weighted by molar-refractivity contribution is -0.154. The predicted octanol–water partition coefficient (Wildman–Crippen LogP) is 9.43. The maximum Gasteiger partial charge on any atom is 0.469 e. The normalized spacial score (nSPS) is 12.6. The van der Waals surface area contributed by atoms with E-state index in [1.807, 2.05) is 0 Å². The number of phosphoric acid groups is 1. The lowest BCUT2D eigenvalue weighted by atomic mass is 10.0. The van der Waals surface area contributed by atoms with Crippen LogP contribution in [0.4, 0.5) is 0 Å². The van der Waals surface area contributed by atoms with Gasteiger partial charge in [0.15, 0.2) is 0 Å². The Morgan fingerprint density at radius 1 is 0.590 bits per heavy atom. The van der Waals surface area contributed by atoms with Crippen LogP contribution in [0, 0.1) is 0 Å². The van der Waals surface area contributed by atoms with Crippen molar-refractivity contribution in [1.29, 1.82) is 0 Å². The topological polar surface area (TPSA) is 102 Å². The van der Waals surface area contributed by atoms with Crippen molar-refractivity contribution in [3.05, 3.63) is 0 Å². The van der Waals surface area contributed by atoms with E-state index in [4.69, 9.17) is 19.3 Å².